The molecule has 0 radical (unpaired) electrons. The summed E-state index contributed by atoms with van der Waals surface area (Å²) in [4.78, 5) is 34.5. The van der Waals surface area contributed by atoms with Crippen LogP contribution in [0, 0.1) is 5.41 Å². The highest BCUT2D eigenvalue weighted by Gasteiger charge is 2.42. The van der Waals surface area contributed by atoms with Crippen LogP contribution in [0.25, 0.3) is 6.08 Å². The van der Waals surface area contributed by atoms with Gasteiger partial charge in [-0.05, 0) is 47.2 Å². The van der Waals surface area contributed by atoms with Crippen LogP contribution in [0.3, 0.4) is 0 Å². The van der Waals surface area contributed by atoms with Crippen molar-refractivity contribution in [3.05, 3.63) is 107 Å². The second kappa shape index (κ2) is 12.7. The lowest BCUT2D eigenvalue weighted by Crippen LogP contribution is -2.51. The number of amides is 1. The molecule has 1 aliphatic carbocycles. The quantitative estimate of drug-likeness (QED) is 0.355. The fourth-order valence-corrected chi connectivity index (χ4v) is 6.71. The normalized spacial score (nSPS) is 20.2. The van der Waals surface area contributed by atoms with E-state index in [0.717, 1.165) is 60.0 Å². The van der Waals surface area contributed by atoms with Crippen molar-refractivity contribution in [1.29, 1.82) is 0 Å². The Bertz CT molecular complexity index is 1570. The van der Waals surface area contributed by atoms with E-state index in [4.69, 9.17) is 4.74 Å². The van der Waals surface area contributed by atoms with Gasteiger partial charge in [0.15, 0.2) is 5.78 Å². The van der Waals surface area contributed by atoms with Crippen LogP contribution in [0.15, 0.2) is 96.2 Å². The number of para-hydroxylation sites is 2. The summed E-state index contributed by atoms with van der Waals surface area (Å²) < 4.78 is 5.60. The molecule has 1 unspecified atom stereocenters. The summed E-state index contributed by atoms with van der Waals surface area (Å²) in [6, 6.07) is 25.9. The van der Waals surface area contributed by atoms with Gasteiger partial charge >= 0.3 is 0 Å². The minimum absolute atomic E-state index is 0.0693. The van der Waals surface area contributed by atoms with Crippen LogP contribution in [0.4, 0.5) is 11.4 Å². The number of rotatable bonds is 7. The second-order valence-electron chi connectivity index (χ2n) is 12.8. The van der Waals surface area contributed by atoms with Crippen LogP contribution in [-0.2, 0) is 9.59 Å². The number of methoxy groups -OCH3 is 1. The van der Waals surface area contributed by atoms with Gasteiger partial charge in [-0.2, -0.15) is 0 Å². The van der Waals surface area contributed by atoms with Crippen LogP contribution in [0.5, 0.6) is 5.75 Å². The summed E-state index contributed by atoms with van der Waals surface area (Å²) >= 11 is 0. The molecular weight excluding hydrogens is 548 g/mol. The third-order valence-electron chi connectivity index (χ3n) is 8.92. The van der Waals surface area contributed by atoms with E-state index in [1.165, 1.54) is 5.56 Å². The number of allylic oxidation sites excluding steroid dienone is 1. The molecule has 1 fully saturated rings. The zero-order valence-corrected chi connectivity index (χ0v) is 26.0. The van der Waals surface area contributed by atoms with Gasteiger partial charge in [0.1, 0.15) is 5.75 Å². The van der Waals surface area contributed by atoms with Gasteiger partial charge in [-0.1, -0.05) is 80.6 Å². The Labute approximate surface area is 260 Å². The molecule has 228 valence electrons. The number of ether oxygens (including phenoxy) is 1. The van der Waals surface area contributed by atoms with Crippen LogP contribution < -0.4 is 15.0 Å². The lowest BCUT2D eigenvalue weighted by molar-refractivity contribution is -0.131. The van der Waals surface area contributed by atoms with Crippen LogP contribution in [0.1, 0.15) is 43.9 Å². The highest BCUT2D eigenvalue weighted by atomic mass is 16.5. The highest BCUT2D eigenvalue weighted by molar-refractivity contribution is 6.02. The monoisotopic (exact) mass is 590 g/mol. The molecule has 7 heteroatoms. The molecule has 0 aromatic heterocycles. The summed E-state index contributed by atoms with van der Waals surface area (Å²) in [7, 11) is 1.65. The fraction of sp³-hybridized carbons (Fsp3) is 0.351. The molecule has 1 amide bonds. The molecular formula is C37H42N4O3. The van der Waals surface area contributed by atoms with E-state index in [1.807, 2.05) is 71.6 Å². The van der Waals surface area contributed by atoms with E-state index in [0.29, 0.717) is 19.5 Å². The number of hydrogen-bond donors (Lipinski definition) is 1. The average Bonchev–Trinajstić information content (AvgIpc) is 3.15. The lowest BCUT2D eigenvalue weighted by Gasteiger charge is -2.39. The summed E-state index contributed by atoms with van der Waals surface area (Å²) in [5.74, 6) is 0.918. The van der Waals surface area contributed by atoms with Gasteiger partial charge in [-0.3, -0.25) is 14.5 Å². The standard InChI is InChI=1S/C37H42N4O3/c1-37(2)24-31-35(33(42)25-37)36(28-14-9-15-29(23-28)44-3)41(32-17-8-7-16-30(32)38-31)26-34(43)40-21-19-39(20-22-40)18-10-13-27-11-5-4-6-12-27/h4-17,23,36,38H,18-22,24-26H2,1-3H3/b13-10+. The first kappa shape index (κ1) is 29.7. The van der Waals surface area contributed by atoms with Crippen molar-refractivity contribution in [3.63, 3.8) is 0 Å². The minimum Gasteiger partial charge on any atom is -0.497 e. The predicted octanol–water partition coefficient (Wildman–Crippen LogP) is 6.17. The number of anilines is 2. The summed E-state index contributed by atoms with van der Waals surface area (Å²) in [5.41, 5.74) is 5.49. The van der Waals surface area contributed by atoms with E-state index in [-0.39, 0.29) is 23.7 Å². The molecule has 3 aliphatic rings. The van der Waals surface area contributed by atoms with Crippen molar-refractivity contribution >= 4 is 29.1 Å². The van der Waals surface area contributed by atoms with E-state index >= 15 is 0 Å². The largest absolute Gasteiger partial charge is 0.497 e. The van der Waals surface area contributed by atoms with Crippen molar-refractivity contribution in [2.75, 3.05) is 56.6 Å². The van der Waals surface area contributed by atoms with Gasteiger partial charge in [0, 0.05) is 50.4 Å². The van der Waals surface area contributed by atoms with E-state index in [1.54, 1.807) is 7.11 Å². The van der Waals surface area contributed by atoms with Crippen molar-refractivity contribution in [2.24, 2.45) is 5.41 Å². The van der Waals surface area contributed by atoms with Gasteiger partial charge in [0.25, 0.3) is 0 Å². The van der Waals surface area contributed by atoms with Crippen molar-refractivity contribution in [3.8, 4) is 5.75 Å². The number of carbonyl (C=O) groups excluding carboxylic acids is 2. The number of benzene rings is 3. The summed E-state index contributed by atoms with van der Waals surface area (Å²) in [6.07, 6.45) is 5.57. The minimum atomic E-state index is -0.423. The Balaban J connectivity index is 1.27. The number of carbonyl (C=O) groups is 2. The van der Waals surface area contributed by atoms with E-state index in [2.05, 4.69) is 53.2 Å². The average molecular weight is 591 g/mol. The maximum absolute atomic E-state index is 14.0. The Morgan fingerprint density at radius 1 is 0.955 bits per heavy atom. The second-order valence-corrected chi connectivity index (χ2v) is 12.8. The molecule has 1 saturated heterocycles. The molecule has 3 aromatic rings. The topological polar surface area (TPSA) is 65.1 Å². The lowest BCUT2D eigenvalue weighted by atomic mass is 9.73. The first-order valence-electron chi connectivity index (χ1n) is 15.6. The van der Waals surface area contributed by atoms with Gasteiger partial charge in [-0.25, -0.2) is 0 Å². The molecule has 2 aliphatic heterocycles. The van der Waals surface area contributed by atoms with Crippen molar-refractivity contribution in [2.45, 2.75) is 32.7 Å². The molecule has 44 heavy (non-hydrogen) atoms. The highest BCUT2D eigenvalue weighted by Crippen LogP contribution is 2.48. The Hall–Kier alpha value is -4.36. The zero-order chi connectivity index (χ0) is 30.7. The van der Waals surface area contributed by atoms with Gasteiger partial charge in [0.05, 0.1) is 31.1 Å². The van der Waals surface area contributed by atoms with Crippen LogP contribution >= 0.6 is 0 Å². The van der Waals surface area contributed by atoms with Gasteiger partial charge < -0.3 is 19.9 Å². The Kier molecular flexibility index (Phi) is 8.58. The zero-order valence-electron chi connectivity index (χ0n) is 26.0. The number of ketones is 1. The number of nitrogens with one attached hydrogen (secondary N) is 1. The number of piperazine rings is 1. The first-order chi connectivity index (χ1) is 21.3. The van der Waals surface area contributed by atoms with Gasteiger partial charge in [-0.15, -0.1) is 0 Å². The maximum atomic E-state index is 14.0. The van der Waals surface area contributed by atoms with Gasteiger partial charge in [0.2, 0.25) is 5.91 Å². The summed E-state index contributed by atoms with van der Waals surface area (Å²) in [5, 5.41) is 3.64. The summed E-state index contributed by atoms with van der Waals surface area (Å²) in [6.45, 7) is 8.32. The Morgan fingerprint density at radius 2 is 1.70 bits per heavy atom. The molecule has 2 heterocycles. The first-order valence-corrected chi connectivity index (χ1v) is 15.6. The predicted molar refractivity (Wildman–Crippen MR) is 177 cm³/mol. The third kappa shape index (κ3) is 6.43. The SMILES string of the molecule is COc1cccc(C2C3=C(CC(C)(C)CC3=O)Nc3ccccc3N2CC(=O)N2CCN(C/C=C/c3ccccc3)CC2)c1. The molecule has 0 bridgehead atoms. The number of fused-ring (bicyclic) bond motifs is 1. The molecule has 0 saturated carbocycles. The molecule has 6 rings (SSSR count). The smallest absolute Gasteiger partial charge is 0.242 e. The molecule has 1 N–H and O–H groups in total. The van der Waals surface area contributed by atoms with Crippen LogP contribution in [0.2, 0.25) is 0 Å². The third-order valence-corrected chi connectivity index (χ3v) is 8.92. The molecule has 7 nitrogen and oxygen atoms in total. The van der Waals surface area contributed by atoms with Crippen molar-refractivity contribution < 1.29 is 14.3 Å². The molecule has 3 aromatic carbocycles. The molecule has 1 atom stereocenters. The van der Waals surface area contributed by atoms with E-state index < -0.39 is 6.04 Å². The molecule has 0 spiro atoms. The number of Topliss-reactive ketones (excluding diaryl/α,β-unsaturated/α-hetero) is 1. The number of hydrogen-bond acceptors (Lipinski definition) is 6. The fourth-order valence-electron chi connectivity index (χ4n) is 6.71. The Morgan fingerprint density at radius 3 is 2.48 bits per heavy atom. The van der Waals surface area contributed by atoms with Crippen molar-refractivity contribution in [1.82, 2.24) is 9.80 Å². The van der Waals surface area contributed by atoms with Crippen LogP contribution in [-0.4, -0.2) is 67.9 Å². The number of nitrogens with zero attached hydrogens (tertiary/aromatic N) is 3. The van der Waals surface area contributed by atoms with E-state index in [9.17, 15) is 9.59 Å². The maximum Gasteiger partial charge on any atom is 0.242 e.